The van der Waals surface area contributed by atoms with Crippen molar-refractivity contribution in [3.63, 3.8) is 0 Å². The second-order valence-corrected chi connectivity index (χ2v) is 7.10. The van der Waals surface area contributed by atoms with Gasteiger partial charge in [-0.3, -0.25) is 0 Å². The Kier molecular flexibility index (Phi) is 2.97. The van der Waals surface area contributed by atoms with Crippen LogP contribution in [0.15, 0.2) is 42.5 Å². The Hall–Kier alpha value is -1.96. The first-order valence-corrected chi connectivity index (χ1v) is 8.14. The number of hydrogen-bond donors (Lipinski definition) is 1. The molecule has 1 N–H and O–H groups in total. The zero-order chi connectivity index (χ0) is 15.3. The summed E-state index contributed by atoms with van der Waals surface area (Å²) in [6.07, 6.45) is 2.42. The summed E-state index contributed by atoms with van der Waals surface area (Å²) in [6.45, 7) is 4.77. The number of anilines is 1. The van der Waals surface area contributed by atoms with Gasteiger partial charge in [0.2, 0.25) is 0 Å². The monoisotopic (exact) mass is 293 g/mol. The lowest BCUT2D eigenvalue weighted by Crippen LogP contribution is -2.43. The van der Waals surface area contributed by atoms with E-state index in [9.17, 15) is 0 Å². The number of methoxy groups -OCH3 is 1. The quantitative estimate of drug-likeness (QED) is 0.822. The lowest BCUT2D eigenvalue weighted by molar-refractivity contribution is 0.239. The van der Waals surface area contributed by atoms with Crippen LogP contribution in [0.4, 0.5) is 5.69 Å². The summed E-state index contributed by atoms with van der Waals surface area (Å²) in [5.74, 6) is 1.56. The Morgan fingerprint density at radius 2 is 1.95 bits per heavy atom. The van der Waals surface area contributed by atoms with Crippen LogP contribution in [-0.2, 0) is 11.8 Å². The molecule has 0 bridgehead atoms. The first-order valence-electron chi connectivity index (χ1n) is 8.14. The van der Waals surface area contributed by atoms with Gasteiger partial charge < -0.3 is 10.1 Å². The zero-order valence-corrected chi connectivity index (χ0v) is 13.5. The van der Waals surface area contributed by atoms with Gasteiger partial charge in [-0.25, -0.2) is 0 Å². The number of benzene rings is 2. The van der Waals surface area contributed by atoms with Crippen LogP contribution in [0.2, 0.25) is 0 Å². The third kappa shape index (κ3) is 1.86. The van der Waals surface area contributed by atoms with Crippen LogP contribution >= 0.6 is 0 Å². The number of nitrogens with one attached hydrogen (secondary N) is 1. The molecule has 22 heavy (non-hydrogen) atoms. The second kappa shape index (κ2) is 4.77. The van der Waals surface area contributed by atoms with E-state index in [2.05, 4.69) is 61.6 Å². The lowest BCUT2D eigenvalue weighted by Gasteiger charge is -2.49. The van der Waals surface area contributed by atoms with E-state index in [0.717, 1.165) is 5.75 Å². The number of aryl methyl sites for hydroxylation is 1. The van der Waals surface area contributed by atoms with E-state index < -0.39 is 0 Å². The minimum Gasteiger partial charge on any atom is -0.497 e. The van der Waals surface area contributed by atoms with Crippen molar-refractivity contribution in [1.82, 2.24) is 0 Å². The zero-order valence-electron chi connectivity index (χ0n) is 13.5. The predicted molar refractivity (Wildman–Crippen MR) is 90.6 cm³/mol. The summed E-state index contributed by atoms with van der Waals surface area (Å²) in [6, 6.07) is 15.7. The average molecular weight is 293 g/mol. The number of hydrogen-bond acceptors (Lipinski definition) is 2. The van der Waals surface area contributed by atoms with Gasteiger partial charge in [0.15, 0.2) is 0 Å². The topological polar surface area (TPSA) is 21.3 Å². The average Bonchev–Trinajstić information content (AvgIpc) is 2.54. The number of ether oxygens (including phenoxy) is 1. The van der Waals surface area contributed by atoms with Crippen molar-refractivity contribution in [2.45, 2.75) is 38.1 Å². The molecule has 0 radical (unpaired) electrons. The highest BCUT2D eigenvalue weighted by Crippen LogP contribution is 2.53. The Labute approximate surface area is 132 Å². The Balaban J connectivity index is 1.85. The van der Waals surface area contributed by atoms with E-state index in [0.29, 0.717) is 12.0 Å². The molecule has 2 aromatic rings. The van der Waals surface area contributed by atoms with E-state index in [1.165, 1.54) is 35.2 Å². The van der Waals surface area contributed by atoms with Crippen LogP contribution < -0.4 is 10.1 Å². The van der Waals surface area contributed by atoms with Crippen molar-refractivity contribution in [3.05, 3.63) is 59.2 Å². The maximum Gasteiger partial charge on any atom is 0.119 e. The predicted octanol–water partition coefficient (Wildman–Crippen LogP) is 4.70. The molecular weight excluding hydrogens is 270 g/mol. The summed E-state index contributed by atoms with van der Waals surface area (Å²) >= 11 is 0. The van der Waals surface area contributed by atoms with Crippen molar-refractivity contribution < 1.29 is 4.74 Å². The largest absolute Gasteiger partial charge is 0.497 e. The normalized spacial score (nSPS) is 24.5. The standard InChI is InChI=1S/C20H23NO/c1-20(2)16-10-8-13-6-4-5-7-15(13)19(16)21-18-11-9-14(22-3)12-17(18)20/h4-7,9,11-12,16,19,21H,8,10H2,1-3H3/t16-,19+/m1/s1. The molecule has 2 heteroatoms. The van der Waals surface area contributed by atoms with E-state index in [-0.39, 0.29) is 5.41 Å². The van der Waals surface area contributed by atoms with E-state index in [1.54, 1.807) is 7.11 Å². The molecule has 1 aliphatic carbocycles. The molecular formula is C20H23NO. The van der Waals surface area contributed by atoms with Crippen LogP contribution in [0.25, 0.3) is 0 Å². The second-order valence-electron chi connectivity index (χ2n) is 7.10. The van der Waals surface area contributed by atoms with Crippen LogP contribution in [0.5, 0.6) is 5.75 Å². The van der Waals surface area contributed by atoms with Gasteiger partial charge in [-0.2, -0.15) is 0 Å². The van der Waals surface area contributed by atoms with Gasteiger partial charge >= 0.3 is 0 Å². The molecule has 1 heterocycles. The van der Waals surface area contributed by atoms with Gasteiger partial charge in [-0.05, 0) is 59.1 Å². The molecule has 0 unspecified atom stereocenters. The number of fused-ring (bicyclic) bond motifs is 4. The molecule has 2 aromatic carbocycles. The van der Waals surface area contributed by atoms with Crippen LogP contribution in [-0.4, -0.2) is 7.11 Å². The Morgan fingerprint density at radius 1 is 1.14 bits per heavy atom. The Bertz CT molecular complexity index is 719. The molecule has 0 spiro atoms. The summed E-state index contributed by atoms with van der Waals surface area (Å²) in [5, 5.41) is 3.81. The molecule has 2 nitrogen and oxygen atoms in total. The van der Waals surface area contributed by atoms with Gasteiger partial charge in [0.05, 0.1) is 13.2 Å². The molecule has 0 amide bonds. The summed E-state index contributed by atoms with van der Waals surface area (Å²) < 4.78 is 5.44. The molecule has 1 aliphatic heterocycles. The molecule has 0 saturated carbocycles. The third-order valence-electron chi connectivity index (χ3n) is 5.68. The van der Waals surface area contributed by atoms with E-state index >= 15 is 0 Å². The third-order valence-corrected chi connectivity index (χ3v) is 5.68. The van der Waals surface area contributed by atoms with Gasteiger partial charge in [0, 0.05) is 5.69 Å². The van der Waals surface area contributed by atoms with Crippen molar-refractivity contribution in [1.29, 1.82) is 0 Å². The molecule has 0 saturated heterocycles. The maximum atomic E-state index is 5.44. The number of rotatable bonds is 1. The highest BCUT2D eigenvalue weighted by atomic mass is 16.5. The van der Waals surface area contributed by atoms with Crippen molar-refractivity contribution in [3.8, 4) is 5.75 Å². The summed E-state index contributed by atoms with van der Waals surface area (Å²) in [5.41, 5.74) is 5.77. The first-order chi connectivity index (χ1) is 10.6. The van der Waals surface area contributed by atoms with Crippen molar-refractivity contribution in [2.24, 2.45) is 5.92 Å². The molecule has 4 rings (SSSR count). The fourth-order valence-electron chi connectivity index (χ4n) is 4.39. The van der Waals surface area contributed by atoms with Gasteiger partial charge in [0.25, 0.3) is 0 Å². The van der Waals surface area contributed by atoms with Crippen LogP contribution in [0.3, 0.4) is 0 Å². The molecule has 2 atom stereocenters. The maximum absolute atomic E-state index is 5.44. The highest BCUT2D eigenvalue weighted by molar-refractivity contribution is 5.62. The first kappa shape index (κ1) is 13.7. The van der Waals surface area contributed by atoms with Gasteiger partial charge in [-0.1, -0.05) is 38.1 Å². The SMILES string of the molecule is COc1ccc2c(c1)C(C)(C)[C@@H]1CCc3ccccc3[C@@H]1N2. The van der Waals surface area contributed by atoms with Crippen LogP contribution in [0, 0.1) is 5.92 Å². The summed E-state index contributed by atoms with van der Waals surface area (Å²) in [4.78, 5) is 0. The fourth-order valence-corrected chi connectivity index (χ4v) is 4.39. The molecule has 2 aliphatic rings. The fraction of sp³-hybridized carbons (Fsp3) is 0.400. The van der Waals surface area contributed by atoms with Gasteiger partial charge in [0.1, 0.15) is 5.75 Å². The summed E-state index contributed by atoms with van der Waals surface area (Å²) in [7, 11) is 1.74. The van der Waals surface area contributed by atoms with Crippen molar-refractivity contribution in [2.75, 3.05) is 12.4 Å². The minimum atomic E-state index is 0.146. The molecule has 0 fully saturated rings. The van der Waals surface area contributed by atoms with Crippen LogP contribution in [0.1, 0.15) is 43.0 Å². The molecule has 114 valence electrons. The van der Waals surface area contributed by atoms with E-state index in [4.69, 9.17) is 4.74 Å². The van der Waals surface area contributed by atoms with Crippen molar-refractivity contribution >= 4 is 5.69 Å². The van der Waals surface area contributed by atoms with E-state index in [1.807, 2.05) is 0 Å². The smallest absolute Gasteiger partial charge is 0.119 e. The minimum absolute atomic E-state index is 0.146. The lowest BCUT2D eigenvalue weighted by atomic mass is 9.61. The highest BCUT2D eigenvalue weighted by Gasteiger charge is 2.45. The Morgan fingerprint density at radius 3 is 2.77 bits per heavy atom. The molecule has 0 aromatic heterocycles. The van der Waals surface area contributed by atoms with Gasteiger partial charge in [-0.15, -0.1) is 0 Å².